The van der Waals surface area contributed by atoms with Crippen LogP contribution in [-0.2, 0) is 4.74 Å². The molecule has 1 saturated heterocycles. The van der Waals surface area contributed by atoms with Gasteiger partial charge in [0, 0.05) is 30.9 Å². The molecule has 0 atom stereocenters. The van der Waals surface area contributed by atoms with Gasteiger partial charge in [-0.05, 0) is 75.2 Å². The van der Waals surface area contributed by atoms with Crippen molar-refractivity contribution in [1.82, 2.24) is 24.4 Å². The number of aromatic nitrogens is 4. The highest BCUT2D eigenvalue weighted by atomic mass is 16.6. The molecule has 3 aromatic heterocycles. The van der Waals surface area contributed by atoms with Crippen molar-refractivity contribution >= 4 is 28.6 Å². The van der Waals surface area contributed by atoms with Gasteiger partial charge in [0.2, 0.25) is 0 Å². The number of carbonyl (C=O) groups is 1. The predicted molar refractivity (Wildman–Crippen MR) is 142 cm³/mol. The van der Waals surface area contributed by atoms with Crippen LogP contribution in [0, 0.1) is 0 Å². The first-order chi connectivity index (χ1) is 17.1. The van der Waals surface area contributed by atoms with Gasteiger partial charge in [-0.2, -0.15) is 0 Å². The fourth-order valence-corrected chi connectivity index (χ4v) is 4.29. The van der Waals surface area contributed by atoms with Crippen molar-refractivity contribution in [3.05, 3.63) is 72.6 Å². The van der Waals surface area contributed by atoms with Gasteiger partial charge in [0.05, 0.1) is 11.3 Å². The maximum atomic E-state index is 12.3. The van der Waals surface area contributed by atoms with Gasteiger partial charge in [0.1, 0.15) is 16.9 Å². The van der Waals surface area contributed by atoms with Crippen molar-refractivity contribution in [2.75, 3.05) is 18.8 Å². The Labute approximate surface area is 210 Å². The van der Waals surface area contributed by atoms with E-state index in [1.54, 1.807) is 11.1 Å². The van der Waals surface area contributed by atoms with Crippen LogP contribution < -0.4 is 5.73 Å². The van der Waals surface area contributed by atoms with Crippen LogP contribution in [0.3, 0.4) is 0 Å². The summed E-state index contributed by atoms with van der Waals surface area (Å²) in [4.78, 5) is 28.0. The topological polar surface area (TPSA) is 99.2 Å². The Kier molecular flexibility index (Phi) is 5.74. The molecule has 8 heteroatoms. The van der Waals surface area contributed by atoms with E-state index >= 15 is 0 Å². The van der Waals surface area contributed by atoms with Crippen molar-refractivity contribution in [3.8, 4) is 17.1 Å². The van der Waals surface area contributed by atoms with Crippen LogP contribution in [0.15, 0.2) is 61.3 Å². The summed E-state index contributed by atoms with van der Waals surface area (Å²) in [5, 5.41) is 0. The first kappa shape index (κ1) is 23.5. The molecule has 1 fully saturated rings. The Morgan fingerprint density at radius 2 is 1.81 bits per heavy atom. The third kappa shape index (κ3) is 4.42. The molecule has 1 amide bonds. The standard InChI is InChI=1S/C28H30N6O2/c1-17(2)22-12-13-23-26(31-22)34(25(32-23)21-7-6-14-30-24(21)29)20-10-8-18(9-11-20)19-15-33(16-19)27(35)36-28(3,4)5/h6-14,19H,1,15-16H2,2-5H3,(H2,29,30). The molecular formula is C28H30N6O2. The molecule has 0 bridgehead atoms. The number of carbonyl (C=O) groups excluding carboxylic acids is 1. The number of fused-ring (bicyclic) bond motifs is 1. The lowest BCUT2D eigenvalue weighted by Crippen LogP contribution is -2.50. The molecule has 0 spiro atoms. The van der Waals surface area contributed by atoms with Crippen LogP contribution in [0.25, 0.3) is 33.8 Å². The van der Waals surface area contributed by atoms with Crippen LogP contribution >= 0.6 is 0 Å². The number of nitrogens with zero attached hydrogens (tertiary/aromatic N) is 5. The number of likely N-dealkylation sites (tertiary alicyclic amines) is 1. The first-order valence-electron chi connectivity index (χ1n) is 12.0. The Morgan fingerprint density at radius 3 is 2.44 bits per heavy atom. The second-order valence-corrected chi connectivity index (χ2v) is 10.2. The molecule has 4 aromatic rings. The van der Waals surface area contributed by atoms with Gasteiger partial charge in [-0.15, -0.1) is 0 Å². The van der Waals surface area contributed by atoms with Gasteiger partial charge in [-0.25, -0.2) is 19.7 Å². The third-order valence-corrected chi connectivity index (χ3v) is 6.18. The number of ether oxygens (including phenoxy) is 1. The summed E-state index contributed by atoms with van der Waals surface area (Å²) in [6.45, 7) is 12.9. The summed E-state index contributed by atoms with van der Waals surface area (Å²) in [5.74, 6) is 1.35. The zero-order chi connectivity index (χ0) is 25.6. The number of pyridine rings is 2. The van der Waals surface area contributed by atoms with E-state index in [9.17, 15) is 4.79 Å². The maximum absolute atomic E-state index is 12.3. The van der Waals surface area contributed by atoms with Gasteiger partial charge < -0.3 is 15.4 Å². The molecule has 0 radical (unpaired) electrons. The van der Waals surface area contributed by atoms with Crippen LogP contribution in [0.2, 0.25) is 0 Å². The lowest BCUT2D eigenvalue weighted by atomic mass is 9.92. The van der Waals surface area contributed by atoms with Crippen molar-refractivity contribution in [1.29, 1.82) is 0 Å². The second kappa shape index (κ2) is 8.78. The fraction of sp³-hybridized carbons (Fsp3) is 0.286. The monoisotopic (exact) mass is 482 g/mol. The highest BCUT2D eigenvalue weighted by molar-refractivity contribution is 5.84. The van der Waals surface area contributed by atoms with E-state index in [0.717, 1.165) is 33.7 Å². The molecule has 1 aliphatic heterocycles. The minimum absolute atomic E-state index is 0.265. The molecule has 0 aliphatic carbocycles. The van der Waals surface area contributed by atoms with Crippen LogP contribution in [0.5, 0.6) is 0 Å². The summed E-state index contributed by atoms with van der Waals surface area (Å²) < 4.78 is 7.48. The third-order valence-electron chi connectivity index (χ3n) is 6.18. The molecule has 1 aromatic carbocycles. The molecule has 4 heterocycles. The molecule has 8 nitrogen and oxygen atoms in total. The largest absolute Gasteiger partial charge is 0.444 e. The summed E-state index contributed by atoms with van der Waals surface area (Å²) in [7, 11) is 0. The zero-order valence-electron chi connectivity index (χ0n) is 21.0. The van der Waals surface area contributed by atoms with Gasteiger partial charge in [0.25, 0.3) is 0 Å². The Hall–Kier alpha value is -4.20. The molecule has 0 saturated carbocycles. The Balaban J connectivity index is 1.48. The van der Waals surface area contributed by atoms with E-state index < -0.39 is 5.60 Å². The highest BCUT2D eigenvalue weighted by Gasteiger charge is 2.34. The number of anilines is 1. The molecule has 184 valence electrons. The molecule has 36 heavy (non-hydrogen) atoms. The number of rotatable bonds is 4. The average molecular weight is 483 g/mol. The average Bonchev–Trinajstić information content (AvgIpc) is 3.16. The highest BCUT2D eigenvalue weighted by Crippen LogP contribution is 2.33. The van der Waals surface area contributed by atoms with Crippen LogP contribution in [0.1, 0.15) is 44.9 Å². The van der Waals surface area contributed by atoms with Crippen molar-refractivity contribution in [2.24, 2.45) is 0 Å². The van der Waals surface area contributed by atoms with E-state index in [1.165, 1.54) is 5.56 Å². The number of allylic oxidation sites excluding steroid dienone is 1. The molecule has 5 rings (SSSR count). The number of hydrogen-bond acceptors (Lipinski definition) is 6. The molecular weight excluding hydrogens is 452 g/mol. The smallest absolute Gasteiger partial charge is 0.410 e. The van der Waals surface area contributed by atoms with Crippen molar-refractivity contribution < 1.29 is 9.53 Å². The van der Waals surface area contributed by atoms with Gasteiger partial charge >= 0.3 is 6.09 Å². The van der Waals surface area contributed by atoms with Gasteiger partial charge in [0.15, 0.2) is 11.5 Å². The van der Waals surface area contributed by atoms with E-state index in [-0.39, 0.29) is 12.0 Å². The summed E-state index contributed by atoms with van der Waals surface area (Å²) in [5.41, 5.74) is 11.7. The lowest BCUT2D eigenvalue weighted by molar-refractivity contribution is 0.00819. The fourth-order valence-electron chi connectivity index (χ4n) is 4.29. The quantitative estimate of drug-likeness (QED) is 0.416. The zero-order valence-corrected chi connectivity index (χ0v) is 21.0. The van der Waals surface area contributed by atoms with Crippen LogP contribution in [-0.4, -0.2) is 49.2 Å². The molecule has 0 unspecified atom stereocenters. The van der Waals surface area contributed by atoms with E-state index in [2.05, 4.69) is 35.8 Å². The Morgan fingerprint density at radius 1 is 1.08 bits per heavy atom. The summed E-state index contributed by atoms with van der Waals surface area (Å²) in [6, 6.07) is 15.9. The van der Waals surface area contributed by atoms with Crippen molar-refractivity contribution in [3.63, 3.8) is 0 Å². The summed E-state index contributed by atoms with van der Waals surface area (Å²) in [6.07, 6.45) is 1.40. The Bertz CT molecular complexity index is 1460. The number of nitrogens with two attached hydrogens (primary N) is 1. The molecule has 2 N–H and O–H groups in total. The molecule has 1 aliphatic rings. The number of imidazole rings is 1. The number of nitrogen functional groups attached to an aromatic ring is 1. The van der Waals surface area contributed by atoms with Gasteiger partial charge in [-0.1, -0.05) is 18.7 Å². The van der Waals surface area contributed by atoms with E-state index in [4.69, 9.17) is 20.4 Å². The minimum Gasteiger partial charge on any atom is -0.444 e. The minimum atomic E-state index is -0.495. The number of benzene rings is 1. The second-order valence-electron chi connectivity index (χ2n) is 10.2. The summed E-state index contributed by atoms with van der Waals surface area (Å²) >= 11 is 0. The van der Waals surface area contributed by atoms with E-state index in [1.807, 2.05) is 56.5 Å². The predicted octanol–water partition coefficient (Wildman–Crippen LogP) is 5.43. The SMILES string of the molecule is C=C(C)c1ccc2nc(-c3cccnc3N)n(-c3ccc(C4CN(C(=O)OC(C)(C)C)C4)cc3)c2n1. The lowest BCUT2D eigenvalue weighted by Gasteiger charge is -2.40. The maximum Gasteiger partial charge on any atom is 0.410 e. The number of amides is 1. The normalized spacial score (nSPS) is 14.1. The van der Waals surface area contributed by atoms with Crippen LogP contribution in [0.4, 0.5) is 10.6 Å². The first-order valence-corrected chi connectivity index (χ1v) is 12.0. The van der Waals surface area contributed by atoms with Gasteiger partial charge in [-0.3, -0.25) is 4.57 Å². The number of hydrogen-bond donors (Lipinski definition) is 1. The van der Waals surface area contributed by atoms with E-state index in [0.29, 0.717) is 24.7 Å². The van der Waals surface area contributed by atoms with Crippen molar-refractivity contribution in [2.45, 2.75) is 39.2 Å².